The van der Waals surface area contributed by atoms with Crippen LogP contribution in [-0.2, 0) is 0 Å². The Morgan fingerprint density at radius 2 is 2.10 bits per heavy atom. The topological polar surface area (TPSA) is 32.7 Å². The molecule has 0 amide bonds. The Labute approximate surface area is 122 Å². The number of aliphatic hydroxyl groups excluding tert-OH is 1. The van der Waals surface area contributed by atoms with Crippen LogP contribution in [0.5, 0.6) is 5.75 Å². The number of ether oxygens (including phenoxy) is 1. The first-order chi connectivity index (χ1) is 9.72. The third-order valence-corrected chi connectivity index (χ3v) is 4.18. The third-order valence-electron chi connectivity index (χ3n) is 4.18. The highest BCUT2D eigenvalue weighted by Crippen LogP contribution is 2.27. The fraction of sp³-hybridized carbons (Fsp3) is 0.647. The highest BCUT2D eigenvalue weighted by Gasteiger charge is 2.22. The molecule has 0 saturated carbocycles. The number of rotatable bonds is 5. The molecule has 3 nitrogen and oxygen atoms in total. The summed E-state index contributed by atoms with van der Waals surface area (Å²) in [6.07, 6.45) is 4.62. The van der Waals surface area contributed by atoms with Crippen LogP contribution in [0.15, 0.2) is 24.3 Å². The fourth-order valence-corrected chi connectivity index (χ4v) is 2.97. The average molecular weight is 277 g/mol. The van der Waals surface area contributed by atoms with Crippen molar-refractivity contribution in [2.75, 3.05) is 19.7 Å². The summed E-state index contributed by atoms with van der Waals surface area (Å²) in [6.45, 7) is 6.66. The van der Waals surface area contributed by atoms with E-state index in [1.165, 1.54) is 25.7 Å². The predicted octanol–water partition coefficient (Wildman–Crippen LogP) is 3.38. The second kappa shape index (κ2) is 7.65. The number of nitrogens with zero attached hydrogens (tertiary/aromatic N) is 1. The van der Waals surface area contributed by atoms with Gasteiger partial charge in [0.2, 0.25) is 0 Å². The second-order valence-corrected chi connectivity index (χ2v) is 5.68. The smallest absolute Gasteiger partial charge is 0.125 e. The molecule has 1 saturated heterocycles. The van der Waals surface area contributed by atoms with Crippen molar-refractivity contribution in [3.8, 4) is 5.75 Å². The van der Waals surface area contributed by atoms with E-state index in [0.29, 0.717) is 19.2 Å². The number of likely N-dealkylation sites (tertiary alicyclic amines) is 1. The van der Waals surface area contributed by atoms with Crippen molar-refractivity contribution in [3.63, 3.8) is 0 Å². The molecule has 0 radical (unpaired) electrons. The average Bonchev–Trinajstić information content (AvgIpc) is 2.65. The van der Waals surface area contributed by atoms with Gasteiger partial charge >= 0.3 is 0 Å². The van der Waals surface area contributed by atoms with Crippen LogP contribution in [0.2, 0.25) is 0 Å². The Kier molecular flexibility index (Phi) is 5.86. The quantitative estimate of drug-likeness (QED) is 0.895. The van der Waals surface area contributed by atoms with E-state index in [2.05, 4.69) is 11.8 Å². The van der Waals surface area contributed by atoms with Crippen LogP contribution in [0, 0.1) is 0 Å². The molecule has 112 valence electrons. The molecule has 1 fully saturated rings. The van der Waals surface area contributed by atoms with Crippen LogP contribution in [0.3, 0.4) is 0 Å². The molecule has 1 N–H and O–H groups in total. The molecule has 2 atom stereocenters. The van der Waals surface area contributed by atoms with Gasteiger partial charge in [0.25, 0.3) is 0 Å². The van der Waals surface area contributed by atoms with Gasteiger partial charge in [-0.2, -0.15) is 0 Å². The first kappa shape index (κ1) is 15.3. The molecule has 1 aliphatic rings. The Bertz CT molecular complexity index is 408. The molecule has 0 bridgehead atoms. The zero-order chi connectivity index (χ0) is 14.4. The SMILES string of the molecule is CCOc1ccccc1C(O)CN1CCCCCC1C. The zero-order valence-corrected chi connectivity index (χ0v) is 12.7. The minimum Gasteiger partial charge on any atom is -0.493 e. The standard InChI is InChI=1S/C17H27NO2/c1-3-20-17-11-7-6-10-15(17)16(19)13-18-12-8-4-5-9-14(18)2/h6-7,10-11,14,16,19H,3-5,8-9,12-13H2,1-2H3. The maximum absolute atomic E-state index is 10.6. The van der Waals surface area contributed by atoms with Crippen molar-refractivity contribution in [2.45, 2.75) is 51.7 Å². The Hall–Kier alpha value is -1.06. The van der Waals surface area contributed by atoms with Crippen LogP contribution in [0.25, 0.3) is 0 Å². The molecule has 2 unspecified atom stereocenters. The zero-order valence-electron chi connectivity index (χ0n) is 12.7. The number of benzene rings is 1. The van der Waals surface area contributed by atoms with Crippen LogP contribution in [-0.4, -0.2) is 35.7 Å². The van der Waals surface area contributed by atoms with Gasteiger partial charge in [-0.15, -0.1) is 0 Å². The van der Waals surface area contributed by atoms with E-state index in [1.54, 1.807) is 0 Å². The molecule has 3 heteroatoms. The molecule has 1 heterocycles. The summed E-state index contributed by atoms with van der Waals surface area (Å²) in [5, 5.41) is 10.6. The minimum absolute atomic E-state index is 0.474. The molecule has 20 heavy (non-hydrogen) atoms. The van der Waals surface area contributed by atoms with Gasteiger partial charge in [0.15, 0.2) is 0 Å². The van der Waals surface area contributed by atoms with Gasteiger partial charge in [-0.3, -0.25) is 4.90 Å². The Morgan fingerprint density at radius 1 is 1.30 bits per heavy atom. The monoisotopic (exact) mass is 277 g/mol. The van der Waals surface area contributed by atoms with Crippen molar-refractivity contribution in [1.82, 2.24) is 4.90 Å². The van der Waals surface area contributed by atoms with Crippen LogP contribution in [0.1, 0.15) is 51.2 Å². The maximum atomic E-state index is 10.6. The Morgan fingerprint density at radius 3 is 2.90 bits per heavy atom. The highest BCUT2D eigenvalue weighted by molar-refractivity contribution is 5.35. The third kappa shape index (κ3) is 3.97. The van der Waals surface area contributed by atoms with Crippen molar-refractivity contribution in [3.05, 3.63) is 29.8 Å². The van der Waals surface area contributed by atoms with Gasteiger partial charge in [0.05, 0.1) is 12.7 Å². The normalized spacial score (nSPS) is 22.2. The van der Waals surface area contributed by atoms with Gasteiger partial charge in [-0.25, -0.2) is 0 Å². The van der Waals surface area contributed by atoms with E-state index >= 15 is 0 Å². The highest BCUT2D eigenvalue weighted by atomic mass is 16.5. The molecule has 0 aliphatic carbocycles. The lowest BCUT2D eigenvalue weighted by Gasteiger charge is -2.29. The summed E-state index contributed by atoms with van der Waals surface area (Å²) in [5.74, 6) is 0.810. The number of hydrogen-bond donors (Lipinski definition) is 1. The van der Waals surface area contributed by atoms with Crippen molar-refractivity contribution in [2.24, 2.45) is 0 Å². The van der Waals surface area contributed by atoms with Gasteiger partial charge in [-0.1, -0.05) is 31.0 Å². The molecule has 1 aromatic carbocycles. The molecule has 2 rings (SSSR count). The lowest BCUT2D eigenvalue weighted by molar-refractivity contribution is 0.0905. The molecular formula is C17H27NO2. The van der Waals surface area contributed by atoms with Gasteiger partial charge < -0.3 is 9.84 Å². The lowest BCUT2D eigenvalue weighted by atomic mass is 10.1. The van der Waals surface area contributed by atoms with Crippen molar-refractivity contribution >= 4 is 0 Å². The van der Waals surface area contributed by atoms with Gasteiger partial charge in [-0.05, 0) is 39.3 Å². The summed E-state index contributed by atoms with van der Waals surface area (Å²) in [4.78, 5) is 2.42. The van der Waals surface area contributed by atoms with E-state index in [4.69, 9.17) is 4.74 Å². The molecule has 0 aromatic heterocycles. The van der Waals surface area contributed by atoms with E-state index in [9.17, 15) is 5.11 Å². The Balaban J connectivity index is 2.05. The summed E-state index contributed by atoms with van der Waals surface area (Å²) in [6, 6.07) is 8.39. The van der Waals surface area contributed by atoms with Crippen LogP contribution in [0.4, 0.5) is 0 Å². The number of para-hydroxylation sites is 1. The van der Waals surface area contributed by atoms with Crippen molar-refractivity contribution < 1.29 is 9.84 Å². The summed E-state index contributed by atoms with van der Waals surface area (Å²) >= 11 is 0. The van der Waals surface area contributed by atoms with E-state index < -0.39 is 6.10 Å². The van der Waals surface area contributed by atoms with Crippen molar-refractivity contribution in [1.29, 1.82) is 0 Å². The van der Waals surface area contributed by atoms with E-state index in [1.807, 2.05) is 31.2 Å². The summed E-state index contributed by atoms with van der Waals surface area (Å²) in [5.41, 5.74) is 0.908. The molecule has 1 aliphatic heterocycles. The predicted molar refractivity (Wildman–Crippen MR) is 82.1 cm³/mol. The first-order valence-electron chi connectivity index (χ1n) is 7.86. The first-order valence-corrected chi connectivity index (χ1v) is 7.86. The largest absolute Gasteiger partial charge is 0.493 e. The molecular weight excluding hydrogens is 250 g/mol. The molecule has 1 aromatic rings. The van der Waals surface area contributed by atoms with Crippen LogP contribution >= 0.6 is 0 Å². The summed E-state index contributed by atoms with van der Waals surface area (Å²) < 4.78 is 5.62. The summed E-state index contributed by atoms with van der Waals surface area (Å²) in [7, 11) is 0. The maximum Gasteiger partial charge on any atom is 0.125 e. The van der Waals surface area contributed by atoms with Crippen LogP contribution < -0.4 is 4.74 Å². The van der Waals surface area contributed by atoms with Gasteiger partial charge in [0.1, 0.15) is 5.75 Å². The number of hydrogen-bond acceptors (Lipinski definition) is 3. The van der Waals surface area contributed by atoms with E-state index in [0.717, 1.165) is 17.9 Å². The van der Waals surface area contributed by atoms with Gasteiger partial charge in [0, 0.05) is 18.2 Å². The second-order valence-electron chi connectivity index (χ2n) is 5.68. The van der Waals surface area contributed by atoms with E-state index in [-0.39, 0.29) is 0 Å². The molecule has 0 spiro atoms. The minimum atomic E-state index is -0.474. The fourth-order valence-electron chi connectivity index (χ4n) is 2.97. The lowest BCUT2D eigenvalue weighted by Crippen LogP contribution is -2.36. The number of aliphatic hydroxyl groups is 1. The number of β-amino-alcohol motifs (C(OH)–C–C–N with tert-alkyl or cyclic N) is 1.